The molecule has 46 valence electrons. The Kier molecular flexibility index (Phi) is 4.07. The molecule has 0 aromatic heterocycles. The van der Waals surface area contributed by atoms with E-state index in [2.05, 4.69) is 0 Å². The van der Waals surface area contributed by atoms with Crippen LogP contribution < -0.4 is 0 Å². The summed E-state index contributed by atoms with van der Waals surface area (Å²) in [6.45, 7) is -0.0941. The highest BCUT2D eigenvalue weighted by molar-refractivity contribution is 5.91. The number of nitrogens with one attached hydrogen (secondary N) is 1. The molecule has 0 amide bonds. The maximum Gasteiger partial charge on any atom is 0.0884 e. The van der Waals surface area contributed by atoms with Gasteiger partial charge in [-0.05, 0) is 6.08 Å². The summed E-state index contributed by atoms with van der Waals surface area (Å²) >= 11 is 0. The lowest BCUT2D eigenvalue weighted by Crippen LogP contribution is -1.93. The Labute approximate surface area is 47.2 Å². The van der Waals surface area contributed by atoms with Crippen LogP contribution >= 0.6 is 0 Å². The van der Waals surface area contributed by atoms with Crippen molar-refractivity contribution in [2.45, 2.75) is 6.42 Å². The zero-order valence-electron chi connectivity index (χ0n) is 4.39. The monoisotopic (exact) mass is 117 g/mol. The van der Waals surface area contributed by atoms with Crippen LogP contribution in [0, 0.1) is 5.41 Å². The van der Waals surface area contributed by atoms with Crippen LogP contribution in [0.3, 0.4) is 0 Å². The molecule has 0 radical (unpaired) electrons. The molecule has 0 aromatic carbocycles. The summed E-state index contributed by atoms with van der Waals surface area (Å²) in [5.41, 5.74) is 0.106. The second-order valence-electron chi connectivity index (χ2n) is 1.29. The van der Waals surface area contributed by atoms with E-state index in [4.69, 9.17) is 10.5 Å². The minimum absolute atomic E-state index is 0.0941. The van der Waals surface area contributed by atoms with Gasteiger partial charge in [-0.25, -0.2) is 4.39 Å². The summed E-state index contributed by atoms with van der Waals surface area (Å²) in [6, 6.07) is 0. The van der Waals surface area contributed by atoms with Gasteiger partial charge in [-0.2, -0.15) is 0 Å². The Hall–Kier alpha value is -0.700. The van der Waals surface area contributed by atoms with E-state index in [1.807, 2.05) is 0 Å². The minimum Gasteiger partial charge on any atom is -0.396 e. The molecule has 0 unspecified atom stereocenters. The van der Waals surface area contributed by atoms with E-state index < -0.39 is 0 Å². The van der Waals surface area contributed by atoms with Crippen molar-refractivity contribution < 1.29 is 9.50 Å². The van der Waals surface area contributed by atoms with E-state index in [0.29, 0.717) is 0 Å². The molecule has 0 rings (SSSR count). The fourth-order valence-corrected chi connectivity index (χ4v) is 0.280. The fraction of sp³-hybridized carbons (Fsp3) is 0.400. The normalized spacial score (nSPS) is 10.2. The van der Waals surface area contributed by atoms with E-state index >= 15 is 0 Å². The molecule has 3 heteroatoms. The molecule has 0 aliphatic heterocycles. The van der Waals surface area contributed by atoms with Gasteiger partial charge in [-0.15, -0.1) is 0 Å². The van der Waals surface area contributed by atoms with Crippen molar-refractivity contribution in [3.63, 3.8) is 0 Å². The molecule has 8 heavy (non-hydrogen) atoms. The maximum absolute atomic E-state index is 11.2. The van der Waals surface area contributed by atoms with Gasteiger partial charge in [-0.3, -0.25) is 0 Å². The number of halogens is 1. The first kappa shape index (κ1) is 7.30. The lowest BCUT2D eigenvalue weighted by molar-refractivity contribution is 0.307. The first-order valence-electron chi connectivity index (χ1n) is 2.26. The van der Waals surface area contributed by atoms with Gasteiger partial charge >= 0.3 is 0 Å². The largest absolute Gasteiger partial charge is 0.396 e. The first-order valence-corrected chi connectivity index (χ1v) is 2.26. The van der Waals surface area contributed by atoms with Gasteiger partial charge in [0.1, 0.15) is 0 Å². The van der Waals surface area contributed by atoms with Crippen LogP contribution in [0.15, 0.2) is 12.4 Å². The molecule has 0 aromatic rings. The highest BCUT2D eigenvalue weighted by Gasteiger charge is 1.86. The standard InChI is InChI=1S/C5H8FNO/c6-3-1-5(7)2-4-8/h1,3,7-8H,2,4H2/b3-1+,7-5?. The summed E-state index contributed by atoms with van der Waals surface area (Å²) in [6.07, 6.45) is 1.52. The number of hydrogen-bond donors (Lipinski definition) is 2. The Bertz CT molecular complexity index is 101. The number of hydrogen-bond acceptors (Lipinski definition) is 2. The Morgan fingerprint density at radius 1 is 1.75 bits per heavy atom. The van der Waals surface area contributed by atoms with Gasteiger partial charge in [0.15, 0.2) is 0 Å². The van der Waals surface area contributed by atoms with Crippen molar-refractivity contribution >= 4 is 5.71 Å². The van der Waals surface area contributed by atoms with Crippen molar-refractivity contribution in [3.8, 4) is 0 Å². The quantitative estimate of drug-likeness (QED) is 0.529. The third kappa shape index (κ3) is 3.49. The average molecular weight is 117 g/mol. The Balaban J connectivity index is 3.33. The zero-order valence-corrected chi connectivity index (χ0v) is 4.39. The molecule has 2 N–H and O–H groups in total. The second-order valence-corrected chi connectivity index (χ2v) is 1.29. The topological polar surface area (TPSA) is 44.1 Å². The van der Waals surface area contributed by atoms with Crippen molar-refractivity contribution in [2.75, 3.05) is 6.61 Å². The summed E-state index contributed by atoms with van der Waals surface area (Å²) in [5, 5.41) is 15.0. The molecule has 2 nitrogen and oxygen atoms in total. The maximum atomic E-state index is 11.2. The SMILES string of the molecule is N=C(/C=C/F)CCO. The molecule has 0 fully saturated rings. The predicted molar refractivity (Wildman–Crippen MR) is 29.7 cm³/mol. The van der Waals surface area contributed by atoms with E-state index in [0.717, 1.165) is 6.08 Å². The summed E-state index contributed by atoms with van der Waals surface area (Å²) < 4.78 is 11.2. The molecule has 0 saturated carbocycles. The smallest absolute Gasteiger partial charge is 0.0884 e. The van der Waals surface area contributed by atoms with Crippen molar-refractivity contribution in [1.29, 1.82) is 5.41 Å². The Morgan fingerprint density at radius 2 is 2.38 bits per heavy atom. The van der Waals surface area contributed by atoms with Gasteiger partial charge in [0.25, 0.3) is 0 Å². The summed E-state index contributed by atoms with van der Waals surface area (Å²) in [5.74, 6) is 0. The number of aliphatic hydroxyl groups is 1. The second kappa shape index (κ2) is 4.46. The summed E-state index contributed by atoms with van der Waals surface area (Å²) in [4.78, 5) is 0. The van der Waals surface area contributed by atoms with Crippen molar-refractivity contribution in [2.24, 2.45) is 0 Å². The molecule has 0 bridgehead atoms. The van der Waals surface area contributed by atoms with E-state index in [1.54, 1.807) is 0 Å². The van der Waals surface area contributed by atoms with Gasteiger partial charge in [-0.1, -0.05) is 0 Å². The highest BCUT2D eigenvalue weighted by atomic mass is 19.1. The molecule has 0 atom stereocenters. The third-order valence-corrected chi connectivity index (χ3v) is 0.645. The van der Waals surface area contributed by atoms with Crippen molar-refractivity contribution in [1.82, 2.24) is 0 Å². The summed E-state index contributed by atoms with van der Waals surface area (Å²) in [7, 11) is 0. The number of allylic oxidation sites excluding steroid dienone is 1. The molecule has 0 saturated heterocycles. The predicted octanol–water partition coefficient (Wildman–Crippen LogP) is 0.872. The van der Waals surface area contributed by atoms with Crippen LogP contribution in [0.2, 0.25) is 0 Å². The lowest BCUT2D eigenvalue weighted by atomic mass is 10.3. The van der Waals surface area contributed by atoms with Crippen LogP contribution in [0.5, 0.6) is 0 Å². The fourth-order valence-electron chi connectivity index (χ4n) is 0.280. The van der Waals surface area contributed by atoms with Gasteiger partial charge < -0.3 is 10.5 Å². The molecule has 0 aliphatic carbocycles. The number of aliphatic hydroxyl groups excluding tert-OH is 1. The van der Waals surface area contributed by atoms with E-state index in [-0.39, 0.29) is 25.1 Å². The van der Waals surface area contributed by atoms with Crippen LogP contribution in [-0.4, -0.2) is 17.4 Å². The Morgan fingerprint density at radius 3 is 2.75 bits per heavy atom. The average Bonchev–Trinajstić information content (AvgIpc) is 1.68. The van der Waals surface area contributed by atoms with Gasteiger partial charge in [0, 0.05) is 18.7 Å². The van der Waals surface area contributed by atoms with E-state index in [1.165, 1.54) is 0 Å². The molecular formula is C5H8FNO. The van der Waals surface area contributed by atoms with Crippen molar-refractivity contribution in [3.05, 3.63) is 12.4 Å². The molecular weight excluding hydrogens is 109 g/mol. The van der Waals surface area contributed by atoms with Crippen LogP contribution in [-0.2, 0) is 0 Å². The lowest BCUT2D eigenvalue weighted by Gasteiger charge is -1.87. The number of rotatable bonds is 3. The van der Waals surface area contributed by atoms with Crippen LogP contribution in [0.25, 0.3) is 0 Å². The first-order chi connectivity index (χ1) is 3.81. The zero-order chi connectivity index (χ0) is 6.41. The third-order valence-electron chi connectivity index (χ3n) is 0.645. The van der Waals surface area contributed by atoms with E-state index in [9.17, 15) is 4.39 Å². The molecule has 0 spiro atoms. The van der Waals surface area contributed by atoms with Crippen LogP contribution in [0.4, 0.5) is 4.39 Å². The highest BCUT2D eigenvalue weighted by Crippen LogP contribution is 1.83. The van der Waals surface area contributed by atoms with Gasteiger partial charge in [0.2, 0.25) is 0 Å². The van der Waals surface area contributed by atoms with Gasteiger partial charge in [0.05, 0.1) is 6.33 Å². The minimum atomic E-state index is -0.0941. The molecule has 0 aliphatic rings. The molecule has 0 heterocycles. The van der Waals surface area contributed by atoms with Crippen LogP contribution in [0.1, 0.15) is 6.42 Å².